The third kappa shape index (κ3) is 3.54. The van der Waals surface area contributed by atoms with Crippen molar-refractivity contribution in [3.8, 4) is 5.75 Å². The van der Waals surface area contributed by atoms with Crippen LogP contribution in [0.1, 0.15) is 13.8 Å². The average Bonchev–Trinajstić information content (AvgIpc) is 2.27. The van der Waals surface area contributed by atoms with Gasteiger partial charge in [-0.25, -0.2) is 0 Å². The summed E-state index contributed by atoms with van der Waals surface area (Å²) in [6.45, 7) is 7.60. The molecule has 0 atom stereocenters. The molecule has 0 heterocycles. The summed E-state index contributed by atoms with van der Waals surface area (Å²) in [4.78, 5) is 0. The molecule has 3 heteroatoms. The Balaban J connectivity index is 2.77. The zero-order valence-corrected chi connectivity index (χ0v) is 9.40. The summed E-state index contributed by atoms with van der Waals surface area (Å²) < 4.78 is 5.05. The number of nitrogens with zero attached hydrogens (tertiary/aromatic N) is 2. The first-order chi connectivity index (χ1) is 7.07. The van der Waals surface area contributed by atoms with Gasteiger partial charge in [0.15, 0.2) is 0 Å². The minimum Gasteiger partial charge on any atom is -0.497 e. The minimum atomic E-state index is -0.320. The molecule has 1 aromatic carbocycles. The number of methoxy groups -OCH3 is 1. The van der Waals surface area contributed by atoms with Crippen molar-refractivity contribution in [2.75, 3.05) is 7.11 Å². The molecular formula is C12H16N2O. The molecule has 0 saturated heterocycles. The third-order valence-corrected chi connectivity index (χ3v) is 2.00. The smallest absolute Gasteiger partial charge is 0.119 e. The van der Waals surface area contributed by atoms with Crippen molar-refractivity contribution < 1.29 is 4.74 Å². The van der Waals surface area contributed by atoms with E-state index in [-0.39, 0.29) is 5.54 Å². The van der Waals surface area contributed by atoms with E-state index in [4.69, 9.17) is 4.74 Å². The van der Waals surface area contributed by atoms with Gasteiger partial charge in [-0.05, 0) is 38.1 Å². The molecule has 0 aliphatic carbocycles. The fraction of sp³-hybridized carbons (Fsp3) is 0.333. The maximum Gasteiger partial charge on any atom is 0.119 e. The highest BCUT2D eigenvalue weighted by atomic mass is 16.5. The van der Waals surface area contributed by atoms with E-state index < -0.39 is 0 Å². The number of ether oxygens (including phenoxy) is 1. The molecule has 0 amide bonds. The molecule has 80 valence electrons. The first-order valence-corrected chi connectivity index (χ1v) is 4.78. The molecule has 1 rings (SSSR count). The van der Waals surface area contributed by atoms with Crippen LogP contribution in [0, 0.1) is 0 Å². The fourth-order valence-corrected chi connectivity index (χ4v) is 0.876. The summed E-state index contributed by atoms with van der Waals surface area (Å²) in [7, 11) is 1.64. The number of azo groups is 1. The van der Waals surface area contributed by atoms with Gasteiger partial charge >= 0.3 is 0 Å². The van der Waals surface area contributed by atoms with Crippen molar-refractivity contribution in [1.29, 1.82) is 0 Å². The zero-order chi connectivity index (χ0) is 11.3. The van der Waals surface area contributed by atoms with Crippen LogP contribution in [0.5, 0.6) is 5.75 Å². The second-order valence-corrected chi connectivity index (χ2v) is 3.76. The zero-order valence-electron chi connectivity index (χ0n) is 9.40. The molecule has 0 saturated carbocycles. The number of rotatable bonds is 4. The van der Waals surface area contributed by atoms with Gasteiger partial charge in [0.25, 0.3) is 0 Å². The minimum absolute atomic E-state index is 0.320. The molecule has 0 bridgehead atoms. The van der Waals surface area contributed by atoms with E-state index in [9.17, 15) is 0 Å². The van der Waals surface area contributed by atoms with Gasteiger partial charge in [-0.2, -0.15) is 10.2 Å². The third-order valence-electron chi connectivity index (χ3n) is 2.00. The van der Waals surface area contributed by atoms with Gasteiger partial charge in [-0.15, -0.1) is 6.58 Å². The lowest BCUT2D eigenvalue weighted by Gasteiger charge is -2.10. The van der Waals surface area contributed by atoms with Crippen LogP contribution in [0.4, 0.5) is 5.69 Å². The second kappa shape index (κ2) is 4.73. The Kier molecular flexibility index (Phi) is 3.61. The predicted octanol–water partition coefficient (Wildman–Crippen LogP) is 3.74. The SMILES string of the molecule is C=CC(C)(C)N=Nc1ccc(OC)cc1. The molecule has 0 spiro atoms. The quantitative estimate of drug-likeness (QED) is 0.543. The Bertz CT molecular complexity index is 352. The number of hydrogen-bond donors (Lipinski definition) is 0. The van der Waals surface area contributed by atoms with E-state index in [1.807, 2.05) is 38.1 Å². The van der Waals surface area contributed by atoms with Gasteiger partial charge in [0.2, 0.25) is 0 Å². The van der Waals surface area contributed by atoms with Crippen molar-refractivity contribution in [2.24, 2.45) is 10.2 Å². The maximum atomic E-state index is 5.05. The fourth-order valence-electron chi connectivity index (χ4n) is 0.876. The lowest BCUT2D eigenvalue weighted by molar-refractivity contribution is 0.415. The Morgan fingerprint density at radius 2 is 1.87 bits per heavy atom. The monoisotopic (exact) mass is 204 g/mol. The highest BCUT2D eigenvalue weighted by molar-refractivity contribution is 5.40. The van der Waals surface area contributed by atoms with Crippen molar-refractivity contribution in [1.82, 2.24) is 0 Å². The van der Waals surface area contributed by atoms with Gasteiger partial charge in [-0.1, -0.05) is 6.08 Å². The molecule has 0 aliphatic rings. The Morgan fingerprint density at radius 3 is 2.33 bits per heavy atom. The van der Waals surface area contributed by atoms with Crippen LogP contribution in [-0.2, 0) is 0 Å². The normalized spacial score (nSPS) is 11.7. The molecule has 3 nitrogen and oxygen atoms in total. The van der Waals surface area contributed by atoms with E-state index in [0.29, 0.717) is 0 Å². The van der Waals surface area contributed by atoms with E-state index in [1.165, 1.54) is 0 Å². The standard InChI is InChI=1S/C12H16N2O/c1-5-12(2,3)14-13-10-6-8-11(15-4)9-7-10/h5-9H,1H2,2-4H3. The highest BCUT2D eigenvalue weighted by Gasteiger charge is 2.09. The van der Waals surface area contributed by atoms with Gasteiger partial charge in [0.1, 0.15) is 5.75 Å². The van der Waals surface area contributed by atoms with Gasteiger partial charge in [0.05, 0.1) is 18.3 Å². The van der Waals surface area contributed by atoms with Crippen LogP contribution >= 0.6 is 0 Å². The van der Waals surface area contributed by atoms with Crippen LogP contribution in [-0.4, -0.2) is 12.6 Å². The van der Waals surface area contributed by atoms with Crippen molar-refractivity contribution >= 4 is 5.69 Å². The van der Waals surface area contributed by atoms with Crippen LogP contribution < -0.4 is 4.74 Å². The molecule has 0 unspecified atom stereocenters. The average molecular weight is 204 g/mol. The van der Waals surface area contributed by atoms with Gasteiger partial charge in [-0.3, -0.25) is 0 Å². The van der Waals surface area contributed by atoms with Crippen LogP contribution in [0.25, 0.3) is 0 Å². The summed E-state index contributed by atoms with van der Waals surface area (Å²) in [5.41, 5.74) is 0.491. The first-order valence-electron chi connectivity index (χ1n) is 4.78. The van der Waals surface area contributed by atoms with E-state index in [2.05, 4.69) is 16.8 Å². The number of hydrogen-bond acceptors (Lipinski definition) is 3. The molecule has 0 aliphatic heterocycles. The van der Waals surface area contributed by atoms with Crippen LogP contribution in [0.15, 0.2) is 47.1 Å². The highest BCUT2D eigenvalue weighted by Crippen LogP contribution is 2.20. The molecule has 0 N–H and O–H groups in total. The summed E-state index contributed by atoms with van der Waals surface area (Å²) in [6.07, 6.45) is 1.76. The van der Waals surface area contributed by atoms with E-state index >= 15 is 0 Å². The van der Waals surface area contributed by atoms with Crippen LogP contribution in [0.2, 0.25) is 0 Å². The van der Waals surface area contributed by atoms with E-state index in [0.717, 1.165) is 11.4 Å². The van der Waals surface area contributed by atoms with Crippen molar-refractivity contribution in [3.05, 3.63) is 36.9 Å². The Morgan fingerprint density at radius 1 is 1.27 bits per heavy atom. The molecule has 0 fully saturated rings. The molecule has 1 aromatic rings. The summed E-state index contributed by atoms with van der Waals surface area (Å²) >= 11 is 0. The maximum absolute atomic E-state index is 5.05. The Labute approximate surface area is 90.5 Å². The molecule has 15 heavy (non-hydrogen) atoms. The second-order valence-electron chi connectivity index (χ2n) is 3.76. The van der Waals surface area contributed by atoms with Gasteiger partial charge in [0, 0.05) is 0 Å². The predicted molar refractivity (Wildman–Crippen MR) is 61.8 cm³/mol. The lowest BCUT2D eigenvalue weighted by atomic mass is 10.1. The molecule has 0 radical (unpaired) electrons. The van der Waals surface area contributed by atoms with Gasteiger partial charge < -0.3 is 4.74 Å². The lowest BCUT2D eigenvalue weighted by Crippen LogP contribution is -2.09. The topological polar surface area (TPSA) is 34.0 Å². The summed E-state index contributed by atoms with van der Waals surface area (Å²) in [5, 5.41) is 8.29. The Hall–Kier alpha value is -1.64. The first kappa shape index (κ1) is 11.4. The summed E-state index contributed by atoms with van der Waals surface area (Å²) in [6, 6.07) is 7.44. The largest absolute Gasteiger partial charge is 0.497 e. The van der Waals surface area contributed by atoms with Crippen molar-refractivity contribution in [2.45, 2.75) is 19.4 Å². The van der Waals surface area contributed by atoms with Crippen LogP contribution in [0.3, 0.4) is 0 Å². The number of benzene rings is 1. The van der Waals surface area contributed by atoms with E-state index in [1.54, 1.807) is 13.2 Å². The summed E-state index contributed by atoms with van der Waals surface area (Å²) in [5.74, 6) is 0.817. The molecule has 0 aromatic heterocycles. The van der Waals surface area contributed by atoms with Crippen molar-refractivity contribution in [3.63, 3.8) is 0 Å². The molecular weight excluding hydrogens is 188 g/mol.